The van der Waals surface area contributed by atoms with Crippen LogP contribution in [0.25, 0.3) is 0 Å². The Bertz CT molecular complexity index is 382. The maximum absolute atomic E-state index is 11.6. The van der Waals surface area contributed by atoms with E-state index in [0.29, 0.717) is 6.42 Å². The molecule has 18 heavy (non-hydrogen) atoms. The molecule has 1 aliphatic rings. The number of nitrogens with one attached hydrogen (secondary N) is 2. The number of hydrogen-bond donors (Lipinski definition) is 4. The zero-order valence-corrected chi connectivity index (χ0v) is 9.64. The fourth-order valence-corrected chi connectivity index (χ4v) is 1.63. The Morgan fingerprint density at radius 3 is 2.61 bits per heavy atom. The molecule has 0 aromatic rings. The van der Waals surface area contributed by atoms with Gasteiger partial charge < -0.3 is 21.5 Å². The van der Waals surface area contributed by atoms with E-state index < -0.39 is 29.9 Å². The van der Waals surface area contributed by atoms with Gasteiger partial charge in [0, 0.05) is 12.8 Å². The molecule has 0 aromatic carbocycles. The Labute approximate surface area is 103 Å². The van der Waals surface area contributed by atoms with E-state index in [2.05, 4.69) is 10.6 Å². The van der Waals surface area contributed by atoms with Crippen molar-refractivity contribution in [1.29, 1.82) is 0 Å². The van der Waals surface area contributed by atoms with Gasteiger partial charge in [0.05, 0.1) is 0 Å². The second-order valence-corrected chi connectivity index (χ2v) is 4.06. The van der Waals surface area contributed by atoms with Crippen LogP contribution in [-0.4, -0.2) is 40.9 Å². The van der Waals surface area contributed by atoms with Gasteiger partial charge in [0.25, 0.3) is 0 Å². The predicted molar refractivity (Wildman–Crippen MR) is 59.2 cm³/mol. The highest BCUT2D eigenvalue weighted by molar-refractivity contribution is 5.92. The lowest BCUT2D eigenvalue weighted by Gasteiger charge is -2.16. The second kappa shape index (κ2) is 5.99. The Balaban J connectivity index is 2.49. The molecular formula is C10H15N3O5. The summed E-state index contributed by atoms with van der Waals surface area (Å²) >= 11 is 0. The third-order valence-electron chi connectivity index (χ3n) is 2.61. The van der Waals surface area contributed by atoms with Gasteiger partial charge >= 0.3 is 5.97 Å². The number of amides is 3. The normalized spacial score (nSPS) is 20.0. The van der Waals surface area contributed by atoms with E-state index in [-0.39, 0.29) is 25.2 Å². The van der Waals surface area contributed by atoms with Crippen LogP contribution in [0.1, 0.15) is 25.7 Å². The van der Waals surface area contributed by atoms with Gasteiger partial charge in [-0.3, -0.25) is 14.4 Å². The van der Waals surface area contributed by atoms with Crippen molar-refractivity contribution in [1.82, 2.24) is 10.6 Å². The van der Waals surface area contributed by atoms with E-state index in [9.17, 15) is 19.2 Å². The Kier molecular flexibility index (Phi) is 4.64. The minimum atomic E-state index is -1.24. The van der Waals surface area contributed by atoms with Crippen LogP contribution in [0.3, 0.4) is 0 Å². The fraction of sp³-hybridized carbons (Fsp3) is 0.600. The average Bonchev–Trinajstić information content (AvgIpc) is 2.70. The minimum absolute atomic E-state index is 0.0723. The lowest BCUT2D eigenvalue weighted by Crippen LogP contribution is -2.49. The summed E-state index contributed by atoms with van der Waals surface area (Å²) in [6.45, 7) is 0. The number of hydrogen-bond acceptors (Lipinski definition) is 4. The smallest absolute Gasteiger partial charge is 0.326 e. The minimum Gasteiger partial charge on any atom is -0.480 e. The summed E-state index contributed by atoms with van der Waals surface area (Å²) in [5.74, 6) is -2.67. The quantitative estimate of drug-likeness (QED) is 0.440. The number of aliphatic carboxylic acids is 1. The van der Waals surface area contributed by atoms with Crippen LogP contribution in [0.15, 0.2) is 0 Å². The lowest BCUT2D eigenvalue weighted by molar-refractivity contribution is -0.142. The van der Waals surface area contributed by atoms with Gasteiger partial charge in [-0.15, -0.1) is 0 Å². The second-order valence-electron chi connectivity index (χ2n) is 4.06. The Morgan fingerprint density at radius 1 is 1.50 bits per heavy atom. The lowest BCUT2D eigenvalue weighted by atomic mass is 10.1. The van der Waals surface area contributed by atoms with Gasteiger partial charge in [0.15, 0.2) is 0 Å². The van der Waals surface area contributed by atoms with Crippen LogP contribution >= 0.6 is 0 Å². The van der Waals surface area contributed by atoms with E-state index in [0.717, 1.165) is 0 Å². The molecule has 1 rings (SSSR count). The Morgan fingerprint density at radius 2 is 2.17 bits per heavy atom. The number of carbonyl (C=O) groups excluding carboxylic acids is 3. The van der Waals surface area contributed by atoms with Gasteiger partial charge in [0.2, 0.25) is 17.7 Å². The molecular weight excluding hydrogens is 242 g/mol. The highest BCUT2D eigenvalue weighted by Crippen LogP contribution is 2.07. The van der Waals surface area contributed by atoms with Crippen molar-refractivity contribution < 1.29 is 24.3 Å². The average molecular weight is 257 g/mol. The first-order chi connectivity index (χ1) is 8.40. The van der Waals surface area contributed by atoms with Crippen LogP contribution in [0.2, 0.25) is 0 Å². The third-order valence-corrected chi connectivity index (χ3v) is 2.61. The molecule has 0 bridgehead atoms. The molecule has 1 unspecified atom stereocenters. The van der Waals surface area contributed by atoms with E-state index in [1.54, 1.807) is 0 Å². The van der Waals surface area contributed by atoms with E-state index in [4.69, 9.17) is 10.8 Å². The SMILES string of the molecule is NC(=O)CCC(NC(=O)[C@@H]1CCC(=O)N1)C(=O)O. The molecule has 8 nitrogen and oxygen atoms in total. The van der Waals surface area contributed by atoms with Gasteiger partial charge in [-0.25, -0.2) is 4.79 Å². The summed E-state index contributed by atoms with van der Waals surface area (Å²) in [7, 11) is 0. The number of carboxylic acids is 1. The highest BCUT2D eigenvalue weighted by Gasteiger charge is 2.30. The summed E-state index contributed by atoms with van der Waals surface area (Å²) in [5.41, 5.74) is 4.91. The van der Waals surface area contributed by atoms with Crippen molar-refractivity contribution in [3.05, 3.63) is 0 Å². The Hall–Kier alpha value is -2.12. The number of rotatable bonds is 6. The molecule has 0 spiro atoms. The summed E-state index contributed by atoms with van der Waals surface area (Å²) in [5, 5.41) is 13.6. The van der Waals surface area contributed by atoms with Crippen LogP contribution in [0.4, 0.5) is 0 Å². The zero-order valence-electron chi connectivity index (χ0n) is 9.64. The molecule has 8 heteroatoms. The van der Waals surface area contributed by atoms with Crippen molar-refractivity contribution in [2.75, 3.05) is 0 Å². The number of carboxylic acid groups (broad SMARTS) is 1. The molecule has 0 radical (unpaired) electrons. The summed E-state index contributed by atoms with van der Waals surface area (Å²) in [4.78, 5) is 44.0. The molecule has 1 saturated heterocycles. The van der Waals surface area contributed by atoms with Crippen LogP contribution in [0.5, 0.6) is 0 Å². The van der Waals surface area contributed by atoms with Gasteiger partial charge in [-0.1, -0.05) is 0 Å². The first-order valence-corrected chi connectivity index (χ1v) is 5.51. The highest BCUT2D eigenvalue weighted by atomic mass is 16.4. The first-order valence-electron chi connectivity index (χ1n) is 5.51. The third kappa shape index (κ3) is 4.04. The molecule has 2 atom stereocenters. The van der Waals surface area contributed by atoms with Gasteiger partial charge in [-0.2, -0.15) is 0 Å². The molecule has 1 fully saturated rings. The van der Waals surface area contributed by atoms with Crippen molar-refractivity contribution in [2.45, 2.75) is 37.8 Å². The van der Waals surface area contributed by atoms with Crippen LogP contribution in [-0.2, 0) is 19.2 Å². The molecule has 3 amide bonds. The van der Waals surface area contributed by atoms with Crippen molar-refractivity contribution in [3.63, 3.8) is 0 Å². The first kappa shape index (κ1) is 13.9. The molecule has 5 N–H and O–H groups in total. The van der Waals surface area contributed by atoms with Crippen molar-refractivity contribution >= 4 is 23.7 Å². The maximum atomic E-state index is 11.6. The number of carbonyl (C=O) groups is 4. The van der Waals surface area contributed by atoms with E-state index >= 15 is 0 Å². The number of primary amides is 1. The van der Waals surface area contributed by atoms with Crippen molar-refractivity contribution in [2.24, 2.45) is 5.73 Å². The molecule has 0 aromatic heterocycles. The standard InChI is InChI=1S/C10H15N3O5/c11-7(14)3-1-6(10(17)18)13-9(16)5-2-4-8(15)12-5/h5-6H,1-4H2,(H2,11,14)(H,12,15)(H,13,16)(H,17,18)/t5-,6?/m0/s1. The summed E-state index contributed by atoms with van der Waals surface area (Å²) in [6, 6.07) is -1.88. The van der Waals surface area contributed by atoms with Crippen LogP contribution < -0.4 is 16.4 Å². The summed E-state index contributed by atoms with van der Waals surface area (Å²) in [6.07, 6.45) is 0.384. The molecule has 0 aliphatic carbocycles. The summed E-state index contributed by atoms with van der Waals surface area (Å²) < 4.78 is 0. The molecule has 1 aliphatic heterocycles. The monoisotopic (exact) mass is 257 g/mol. The van der Waals surface area contributed by atoms with Gasteiger partial charge in [0.1, 0.15) is 12.1 Å². The van der Waals surface area contributed by atoms with Crippen molar-refractivity contribution in [3.8, 4) is 0 Å². The molecule has 0 saturated carbocycles. The maximum Gasteiger partial charge on any atom is 0.326 e. The molecule has 100 valence electrons. The van der Waals surface area contributed by atoms with E-state index in [1.165, 1.54) is 0 Å². The largest absolute Gasteiger partial charge is 0.480 e. The topological polar surface area (TPSA) is 139 Å². The number of nitrogens with two attached hydrogens (primary N) is 1. The van der Waals surface area contributed by atoms with E-state index in [1.807, 2.05) is 0 Å². The molecule has 1 heterocycles. The van der Waals surface area contributed by atoms with Gasteiger partial charge in [-0.05, 0) is 12.8 Å². The zero-order chi connectivity index (χ0) is 13.7. The van der Waals surface area contributed by atoms with Crippen LogP contribution in [0, 0.1) is 0 Å². The predicted octanol–water partition coefficient (Wildman–Crippen LogP) is -1.90. The fourth-order valence-electron chi connectivity index (χ4n) is 1.63.